The van der Waals surface area contributed by atoms with Crippen LogP contribution in [0.1, 0.15) is 6.42 Å². The van der Waals surface area contributed by atoms with Gasteiger partial charge in [-0.3, -0.25) is 4.90 Å². The third-order valence-corrected chi connectivity index (χ3v) is 3.03. The summed E-state index contributed by atoms with van der Waals surface area (Å²) in [5.74, 6) is 0.588. The molecule has 6 heteroatoms. The number of benzene rings is 1. The molecule has 0 aliphatic carbocycles. The number of ether oxygens (including phenoxy) is 2. The molecule has 0 spiro atoms. The van der Waals surface area contributed by atoms with Crippen LogP contribution in [0.3, 0.4) is 0 Å². The molecule has 2 N–H and O–H groups in total. The molecule has 1 aromatic carbocycles. The van der Waals surface area contributed by atoms with Gasteiger partial charge in [0.1, 0.15) is 11.9 Å². The minimum atomic E-state index is -0.394. The number of methoxy groups -OCH3 is 1. The van der Waals surface area contributed by atoms with E-state index in [-0.39, 0.29) is 6.10 Å². The van der Waals surface area contributed by atoms with Crippen LogP contribution in [0.2, 0.25) is 5.02 Å². The summed E-state index contributed by atoms with van der Waals surface area (Å²) in [6.45, 7) is 0.950. The molecule has 1 atom stereocenters. The molecule has 98 valence electrons. The molecule has 1 aliphatic heterocycles. The van der Waals surface area contributed by atoms with Crippen molar-refractivity contribution in [2.45, 2.75) is 12.5 Å². The molecule has 1 amide bonds. The van der Waals surface area contributed by atoms with Crippen molar-refractivity contribution in [3.05, 3.63) is 23.2 Å². The first-order valence-electron chi connectivity index (χ1n) is 5.67. The maximum atomic E-state index is 11.8. The topological polar surface area (TPSA) is 64.8 Å². The van der Waals surface area contributed by atoms with Gasteiger partial charge in [-0.1, -0.05) is 11.6 Å². The number of carbonyl (C=O) groups excluding carboxylic acids is 1. The van der Waals surface area contributed by atoms with Gasteiger partial charge in [0.15, 0.2) is 0 Å². The van der Waals surface area contributed by atoms with Crippen LogP contribution >= 0.6 is 11.6 Å². The zero-order chi connectivity index (χ0) is 13.1. The van der Waals surface area contributed by atoms with Gasteiger partial charge in [-0.2, -0.15) is 0 Å². The third-order valence-electron chi connectivity index (χ3n) is 2.79. The van der Waals surface area contributed by atoms with E-state index in [0.717, 1.165) is 0 Å². The van der Waals surface area contributed by atoms with E-state index in [1.165, 1.54) is 4.90 Å². The number of carbonyl (C=O) groups is 1. The van der Waals surface area contributed by atoms with Crippen LogP contribution < -0.4 is 15.4 Å². The summed E-state index contributed by atoms with van der Waals surface area (Å²) < 4.78 is 10.4. The van der Waals surface area contributed by atoms with Gasteiger partial charge in [-0.25, -0.2) is 4.79 Å². The summed E-state index contributed by atoms with van der Waals surface area (Å²) >= 11 is 5.94. The lowest BCUT2D eigenvalue weighted by atomic mass is 10.2. The fraction of sp³-hybridized carbons (Fsp3) is 0.417. The number of nitrogens with two attached hydrogens (primary N) is 1. The number of rotatable bonds is 4. The molecule has 2 rings (SSSR count). The Morgan fingerprint density at radius 1 is 1.61 bits per heavy atom. The van der Waals surface area contributed by atoms with Gasteiger partial charge in [0.25, 0.3) is 0 Å². The Balaban J connectivity index is 2.26. The van der Waals surface area contributed by atoms with Crippen molar-refractivity contribution < 1.29 is 14.3 Å². The Morgan fingerprint density at radius 2 is 2.39 bits per heavy atom. The fourth-order valence-corrected chi connectivity index (χ4v) is 2.09. The molecule has 5 nitrogen and oxygen atoms in total. The summed E-state index contributed by atoms with van der Waals surface area (Å²) in [5.41, 5.74) is 6.08. The van der Waals surface area contributed by atoms with E-state index in [0.29, 0.717) is 36.0 Å². The maximum Gasteiger partial charge on any atom is 0.414 e. The minimum absolute atomic E-state index is 0.175. The molecule has 1 fully saturated rings. The standard InChI is InChI=1S/C12H15ClN2O3/c1-17-11-3-2-8(13)6-10(11)15-7-9(4-5-14)18-12(15)16/h2-3,6,9H,4-5,7,14H2,1H3. The number of halogens is 1. The van der Waals surface area contributed by atoms with Crippen molar-refractivity contribution in [1.29, 1.82) is 0 Å². The highest BCUT2D eigenvalue weighted by molar-refractivity contribution is 6.31. The number of cyclic esters (lactones) is 1. The number of hydrogen-bond donors (Lipinski definition) is 1. The second-order valence-electron chi connectivity index (χ2n) is 4.01. The molecule has 1 heterocycles. The van der Waals surface area contributed by atoms with Crippen LogP contribution in [0.25, 0.3) is 0 Å². The van der Waals surface area contributed by atoms with Crippen LogP contribution in [0, 0.1) is 0 Å². The van der Waals surface area contributed by atoms with E-state index in [2.05, 4.69) is 0 Å². The van der Waals surface area contributed by atoms with Crippen LogP contribution in [0.15, 0.2) is 18.2 Å². The Hall–Kier alpha value is -1.46. The van der Waals surface area contributed by atoms with E-state index in [1.807, 2.05) is 0 Å². The zero-order valence-electron chi connectivity index (χ0n) is 10.1. The Labute approximate surface area is 110 Å². The number of hydrogen-bond acceptors (Lipinski definition) is 4. The number of amides is 1. The molecule has 1 saturated heterocycles. The smallest absolute Gasteiger partial charge is 0.414 e. The van der Waals surface area contributed by atoms with Crippen LogP contribution in [0.5, 0.6) is 5.75 Å². The largest absolute Gasteiger partial charge is 0.495 e. The van der Waals surface area contributed by atoms with E-state index < -0.39 is 6.09 Å². The number of nitrogens with zero attached hydrogens (tertiary/aromatic N) is 1. The molecule has 0 bridgehead atoms. The quantitative estimate of drug-likeness (QED) is 0.909. The Bertz CT molecular complexity index is 453. The van der Waals surface area contributed by atoms with Gasteiger partial charge >= 0.3 is 6.09 Å². The van der Waals surface area contributed by atoms with Crippen molar-refractivity contribution in [3.8, 4) is 5.75 Å². The first-order chi connectivity index (χ1) is 8.65. The van der Waals surface area contributed by atoms with Gasteiger partial charge in [0.05, 0.1) is 19.3 Å². The molecule has 1 aliphatic rings. The molecular weight excluding hydrogens is 256 g/mol. The van der Waals surface area contributed by atoms with Gasteiger partial charge in [0.2, 0.25) is 0 Å². The number of anilines is 1. The molecular formula is C12H15ClN2O3. The summed E-state index contributed by atoms with van der Waals surface area (Å²) in [5, 5.41) is 0.542. The average Bonchev–Trinajstić information content (AvgIpc) is 2.70. The van der Waals surface area contributed by atoms with E-state index in [9.17, 15) is 4.79 Å². The van der Waals surface area contributed by atoms with Gasteiger partial charge in [-0.15, -0.1) is 0 Å². The highest BCUT2D eigenvalue weighted by atomic mass is 35.5. The van der Waals surface area contributed by atoms with Crippen molar-refractivity contribution >= 4 is 23.4 Å². The van der Waals surface area contributed by atoms with Crippen LogP contribution in [-0.2, 0) is 4.74 Å². The summed E-state index contributed by atoms with van der Waals surface area (Å²) in [6.07, 6.45) is 0.0747. The first kappa shape index (κ1) is 13.0. The molecule has 1 aromatic rings. The molecule has 0 saturated carbocycles. The lowest BCUT2D eigenvalue weighted by molar-refractivity contribution is 0.138. The highest BCUT2D eigenvalue weighted by Crippen LogP contribution is 2.34. The van der Waals surface area contributed by atoms with E-state index >= 15 is 0 Å². The summed E-state index contributed by atoms with van der Waals surface area (Å²) in [6, 6.07) is 5.12. The average molecular weight is 271 g/mol. The lowest BCUT2D eigenvalue weighted by Gasteiger charge is -2.16. The molecule has 1 unspecified atom stereocenters. The Kier molecular flexibility index (Phi) is 3.93. The zero-order valence-corrected chi connectivity index (χ0v) is 10.8. The van der Waals surface area contributed by atoms with Crippen LogP contribution in [-0.4, -0.2) is 32.4 Å². The Morgan fingerprint density at radius 3 is 3.06 bits per heavy atom. The van der Waals surface area contributed by atoms with Crippen molar-refractivity contribution in [2.75, 3.05) is 25.1 Å². The fourth-order valence-electron chi connectivity index (χ4n) is 1.93. The lowest BCUT2D eigenvalue weighted by Crippen LogP contribution is -2.25. The van der Waals surface area contributed by atoms with E-state index in [1.54, 1.807) is 25.3 Å². The third kappa shape index (κ3) is 2.52. The van der Waals surface area contributed by atoms with Crippen molar-refractivity contribution in [1.82, 2.24) is 0 Å². The van der Waals surface area contributed by atoms with Crippen LogP contribution in [0.4, 0.5) is 10.5 Å². The van der Waals surface area contributed by atoms with E-state index in [4.69, 9.17) is 26.8 Å². The summed E-state index contributed by atoms with van der Waals surface area (Å²) in [4.78, 5) is 13.3. The highest BCUT2D eigenvalue weighted by Gasteiger charge is 2.33. The minimum Gasteiger partial charge on any atom is -0.495 e. The predicted octanol–water partition coefficient (Wildman–Crippen LogP) is 2.02. The summed E-state index contributed by atoms with van der Waals surface area (Å²) in [7, 11) is 1.55. The van der Waals surface area contributed by atoms with Gasteiger partial charge in [0, 0.05) is 5.02 Å². The van der Waals surface area contributed by atoms with Gasteiger partial charge in [-0.05, 0) is 31.2 Å². The van der Waals surface area contributed by atoms with Gasteiger partial charge < -0.3 is 15.2 Å². The van der Waals surface area contributed by atoms with Crippen molar-refractivity contribution in [2.24, 2.45) is 5.73 Å². The SMILES string of the molecule is COc1ccc(Cl)cc1N1CC(CCN)OC1=O. The first-order valence-corrected chi connectivity index (χ1v) is 6.05. The second-order valence-corrected chi connectivity index (χ2v) is 4.45. The molecule has 0 aromatic heterocycles. The molecule has 18 heavy (non-hydrogen) atoms. The normalized spacial score (nSPS) is 18.9. The second kappa shape index (κ2) is 5.46. The van der Waals surface area contributed by atoms with Crippen molar-refractivity contribution in [3.63, 3.8) is 0 Å². The molecule has 0 radical (unpaired) electrons. The maximum absolute atomic E-state index is 11.8. The predicted molar refractivity (Wildman–Crippen MR) is 69.3 cm³/mol. The monoisotopic (exact) mass is 270 g/mol.